The highest BCUT2D eigenvalue weighted by molar-refractivity contribution is 7.86. The first kappa shape index (κ1) is 13.4. The molecule has 0 aliphatic carbocycles. The number of carbonyl (C=O) groups is 1. The van der Waals surface area contributed by atoms with Crippen LogP contribution in [0, 0.1) is 5.92 Å². The van der Waals surface area contributed by atoms with E-state index in [1.165, 1.54) is 29.8 Å². The van der Waals surface area contributed by atoms with Crippen molar-refractivity contribution >= 4 is 16.2 Å². The van der Waals surface area contributed by atoms with Gasteiger partial charge in [0, 0.05) is 27.2 Å². The van der Waals surface area contributed by atoms with Gasteiger partial charge in [0.05, 0.1) is 13.0 Å². The Morgan fingerprint density at radius 3 is 2.19 bits per heavy atom. The number of methoxy groups -OCH3 is 1. The highest BCUT2D eigenvalue weighted by atomic mass is 32.2. The van der Waals surface area contributed by atoms with Crippen molar-refractivity contribution in [3.8, 4) is 0 Å². The molecule has 0 amide bonds. The average Bonchev–Trinajstić information content (AvgIpc) is 2.28. The molecule has 94 valence electrons. The fourth-order valence-electron chi connectivity index (χ4n) is 1.72. The summed E-state index contributed by atoms with van der Waals surface area (Å²) in [6.07, 6.45) is 1.06. The van der Waals surface area contributed by atoms with Gasteiger partial charge in [-0.25, -0.2) is 0 Å². The van der Waals surface area contributed by atoms with Crippen molar-refractivity contribution in [1.82, 2.24) is 8.61 Å². The lowest BCUT2D eigenvalue weighted by molar-refractivity contribution is -0.146. The van der Waals surface area contributed by atoms with Crippen molar-refractivity contribution in [3.05, 3.63) is 0 Å². The molecule has 1 aliphatic rings. The van der Waals surface area contributed by atoms with E-state index in [2.05, 4.69) is 4.74 Å². The maximum Gasteiger partial charge on any atom is 0.308 e. The largest absolute Gasteiger partial charge is 0.469 e. The number of esters is 1. The molecule has 0 N–H and O–H groups in total. The van der Waals surface area contributed by atoms with Gasteiger partial charge in [-0.15, -0.1) is 0 Å². The fraction of sp³-hybridized carbons (Fsp3) is 0.889. The number of piperidine rings is 1. The van der Waals surface area contributed by atoms with Crippen molar-refractivity contribution < 1.29 is 17.9 Å². The standard InChI is InChI=1S/C9H18N2O4S/c1-10(2)16(13,14)11-6-4-8(5-7-11)9(12)15-3/h8H,4-7H2,1-3H3. The van der Waals surface area contributed by atoms with Crippen molar-refractivity contribution in [2.45, 2.75) is 12.8 Å². The second-order valence-electron chi connectivity index (χ2n) is 3.99. The number of ether oxygens (including phenoxy) is 1. The summed E-state index contributed by atoms with van der Waals surface area (Å²) in [5, 5.41) is 0. The molecule has 16 heavy (non-hydrogen) atoms. The maximum atomic E-state index is 11.8. The molecule has 6 nitrogen and oxygen atoms in total. The van der Waals surface area contributed by atoms with E-state index in [1.54, 1.807) is 0 Å². The van der Waals surface area contributed by atoms with Gasteiger partial charge in [-0.2, -0.15) is 17.0 Å². The Kier molecular flexibility index (Phi) is 4.28. The van der Waals surface area contributed by atoms with Crippen LogP contribution in [0.1, 0.15) is 12.8 Å². The van der Waals surface area contributed by atoms with Gasteiger partial charge in [-0.05, 0) is 12.8 Å². The topological polar surface area (TPSA) is 66.9 Å². The number of rotatable bonds is 3. The third-order valence-corrected chi connectivity index (χ3v) is 4.72. The van der Waals surface area contributed by atoms with Gasteiger partial charge >= 0.3 is 5.97 Å². The zero-order valence-electron chi connectivity index (χ0n) is 9.84. The first-order valence-corrected chi connectivity index (χ1v) is 6.54. The Balaban J connectivity index is 2.59. The first-order chi connectivity index (χ1) is 7.39. The maximum absolute atomic E-state index is 11.8. The second kappa shape index (κ2) is 5.11. The van der Waals surface area contributed by atoms with E-state index in [0.29, 0.717) is 25.9 Å². The molecule has 0 unspecified atom stereocenters. The molecule has 0 aromatic carbocycles. The first-order valence-electron chi connectivity index (χ1n) is 5.15. The van der Waals surface area contributed by atoms with Crippen molar-refractivity contribution in [2.24, 2.45) is 5.92 Å². The highest BCUT2D eigenvalue weighted by Gasteiger charge is 2.32. The molecule has 0 atom stereocenters. The Morgan fingerprint density at radius 1 is 1.31 bits per heavy atom. The van der Waals surface area contributed by atoms with E-state index in [1.807, 2.05) is 0 Å². The molecule has 0 spiro atoms. The molecule has 0 aromatic rings. The summed E-state index contributed by atoms with van der Waals surface area (Å²) >= 11 is 0. The van der Waals surface area contributed by atoms with Crippen LogP contribution < -0.4 is 0 Å². The summed E-state index contributed by atoms with van der Waals surface area (Å²) in [5.74, 6) is -0.416. The molecule has 0 radical (unpaired) electrons. The van der Waals surface area contributed by atoms with Gasteiger partial charge in [0.15, 0.2) is 0 Å². The van der Waals surface area contributed by atoms with Crippen LogP contribution in [-0.2, 0) is 19.7 Å². The van der Waals surface area contributed by atoms with Crippen molar-refractivity contribution in [1.29, 1.82) is 0 Å². The molecule has 1 saturated heterocycles. The molecule has 1 aliphatic heterocycles. The fourth-order valence-corrected chi connectivity index (χ4v) is 2.85. The predicted molar refractivity (Wildman–Crippen MR) is 58.9 cm³/mol. The van der Waals surface area contributed by atoms with Gasteiger partial charge in [-0.3, -0.25) is 4.79 Å². The third kappa shape index (κ3) is 2.72. The SMILES string of the molecule is COC(=O)C1CCN(S(=O)(=O)N(C)C)CC1. The van der Waals surface area contributed by atoms with Gasteiger partial charge in [-0.1, -0.05) is 0 Å². The van der Waals surface area contributed by atoms with E-state index in [0.717, 1.165) is 0 Å². The minimum Gasteiger partial charge on any atom is -0.469 e. The number of hydrogen-bond acceptors (Lipinski definition) is 4. The molecule has 0 saturated carbocycles. The number of hydrogen-bond donors (Lipinski definition) is 0. The van der Waals surface area contributed by atoms with E-state index in [-0.39, 0.29) is 11.9 Å². The molecule has 1 rings (SSSR count). The summed E-state index contributed by atoms with van der Waals surface area (Å²) in [6.45, 7) is 0.751. The van der Waals surface area contributed by atoms with Crippen LogP contribution in [0.5, 0.6) is 0 Å². The van der Waals surface area contributed by atoms with Crippen molar-refractivity contribution in [2.75, 3.05) is 34.3 Å². The van der Waals surface area contributed by atoms with E-state index >= 15 is 0 Å². The second-order valence-corrected chi connectivity index (χ2v) is 6.13. The number of nitrogens with zero attached hydrogens (tertiary/aromatic N) is 2. The van der Waals surface area contributed by atoms with Crippen LogP contribution in [0.15, 0.2) is 0 Å². The normalized spacial score (nSPS) is 20.0. The zero-order chi connectivity index (χ0) is 12.3. The smallest absolute Gasteiger partial charge is 0.308 e. The minimum absolute atomic E-state index is 0.168. The van der Waals surface area contributed by atoms with Gasteiger partial charge in [0.2, 0.25) is 0 Å². The van der Waals surface area contributed by atoms with Crippen LogP contribution in [0.25, 0.3) is 0 Å². The van der Waals surface area contributed by atoms with Crippen LogP contribution >= 0.6 is 0 Å². The number of carbonyl (C=O) groups excluding carboxylic acids is 1. The lowest BCUT2D eigenvalue weighted by Crippen LogP contribution is -2.45. The summed E-state index contributed by atoms with van der Waals surface area (Å²) in [6, 6.07) is 0. The van der Waals surface area contributed by atoms with Gasteiger partial charge < -0.3 is 4.74 Å². The molecule has 0 bridgehead atoms. The molecule has 1 fully saturated rings. The van der Waals surface area contributed by atoms with Crippen molar-refractivity contribution in [3.63, 3.8) is 0 Å². The Bertz CT molecular complexity index is 345. The summed E-state index contributed by atoms with van der Waals surface area (Å²) in [4.78, 5) is 11.3. The third-order valence-electron chi connectivity index (χ3n) is 2.78. The molecular weight excluding hydrogens is 232 g/mol. The average molecular weight is 250 g/mol. The van der Waals surface area contributed by atoms with Crippen LogP contribution in [0.4, 0.5) is 0 Å². The van der Waals surface area contributed by atoms with E-state index < -0.39 is 10.2 Å². The predicted octanol–water partition coefficient (Wildman–Crippen LogP) is -0.322. The zero-order valence-corrected chi connectivity index (χ0v) is 10.7. The van der Waals surface area contributed by atoms with Crippen LogP contribution in [0.3, 0.4) is 0 Å². The van der Waals surface area contributed by atoms with E-state index in [9.17, 15) is 13.2 Å². The molecule has 7 heteroatoms. The monoisotopic (exact) mass is 250 g/mol. The van der Waals surface area contributed by atoms with Crippen LogP contribution in [-0.4, -0.2) is 57.3 Å². The summed E-state index contributed by atoms with van der Waals surface area (Å²) in [5.41, 5.74) is 0. The minimum atomic E-state index is -3.34. The lowest BCUT2D eigenvalue weighted by Gasteiger charge is -2.31. The quantitative estimate of drug-likeness (QED) is 0.644. The van der Waals surface area contributed by atoms with E-state index in [4.69, 9.17) is 0 Å². The van der Waals surface area contributed by atoms with Gasteiger partial charge in [0.1, 0.15) is 0 Å². The summed E-state index contributed by atoms with van der Waals surface area (Å²) < 4.78 is 30.8. The molecule has 1 heterocycles. The van der Waals surface area contributed by atoms with Gasteiger partial charge in [0.25, 0.3) is 10.2 Å². The Labute approximate surface area is 96.3 Å². The molecule has 0 aromatic heterocycles. The molecular formula is C9H18N2O4S. The lowest BCUT2D eigenvalue weighted by atomic mass is 9.99. The Hall–Kier alpha value is -0.660. The Morgan fingerprint density at radius 2 is 1.81 bits per heavy atom. The summed E-state index contributed by atoms with van der Waals surface area (Å²) in [7, 11) is 1.01. The highest BCUT2D eigenvalue weighted by Crippen LogP contribution is 2.21. The van der Waals surface area contributed by atoms with Crippen LogP contribution in [0.2, 0.25) is 0 Å².